The van der Waals surface area contributed by atoms with Crippen LogP contribution < -0.4 is 15.5 Å². The Balaban J connectivity index is 1.39. The molecule has 0 spiro atoms. The largest absolute Gasteiger partial charge is 0.420 e. The minimum absolute atomic E-state index is 0.00304. The summed E-state index contributed by atoms with van der Waals surface area (Å²) in [6.07, 6.45) is -2.05. The van der Waals surface area contributed by atoms with Crippen LogP contribution in [0, 0.1) is 0 Å². The van der Waals surface area contributed by atoms with Gasteiger partial charge in [0.25, 0.3) is 5.91 Å². The number of rotatable bonds is 5. The van der Waals surface area contributed by atoms with Gasteiger partial charge in [-0.25, -0.2) is 18.4 Å². The summed E-state index contributed by atoms with van der Waals surface area (Å²) in [6, 6.07) is 7.52. The van der Waals surface area contributed by atoms with Crippen molar-refractivity contribution in [2.24, 2.45) is 0 Å². The molecule has 218 valence electrons. The quantitative estimate of drug-likeness (QED) is 0.437. The number of thiophene rings is 1. The van der Waals surface area contributed by atoms with Gasteiger partial charge in [-0.1, -0.05) is 0 Å². The van der Waals surface area contributed by atoms with Crippen molar-refractivity contribution in [3.8, 4) is 10.6 Å². The summed E-state index contributed by atoms with van der Waals surface area (Å²) in [5.41, 5.74) is 1.28. The highest BCUT2D eigenvalue weighted by Crippen LogP contribution is 2.46. The van der Waals surface area contributed by atoms with E-state index in [1.807, 2.05) is 12.1 Å². The molecule has 3 aliphatic rings. The lowest BCUT2D eigenvalue weighted by molar-refractivity contribution is -0.137. The zero-order valence-corrected chi connectivity index (χ0v) is 24.1. The number of halogens is 3. The van der Waals surface area contributed by atoms with Crippen LogP contribution in [0.5, 0.6) is 0 Å². The molecule has 4 heterocycles. The molecule has 2 aromatic heterocycles. The van der Waals surface area contributed by atoms with Crippen LogP contribution in [0.1, 0.15) is 46.5 Å². The number of carbonyl (C=O) groups is 1. The Labute approximate surface area is 239 Å². The third-order valence-electron chi connectivity index (χ3n) is 7.63. The van der Waals surface area contributed by atoms with Gasteiger partial charge in [0, 0.05) is 56.8 Å². The molecule has 3 aromatic rings. The van der Waals surface area contributed by atoms with Crippen LogP contribution in [0.2, 0.25) is 0 Å². The molecule has 2 aliphatic heterocycles. The van der Waals surface area contributed by atoms with Crippen LogP contribution in [0.15, 0.2) is 35.4 Å². The molecule has 6 rings (SSSR count). The SMILES string of the molecule is C[C@H]1CN(c2ccc(Nc3ncc(C(F)(F)F)c(-c4cc5c(s4)C(=O)N(C)CCS5(=O)=O)n3)c(C3CC3)c2)CCN1. The third kappa shape index (κ3) is 5.52. The summed E-state index contributed by atoms with van der Waals surface area (Å²) in [5.74, 6) is -0.568. The summed E-state index contributed by atoms with van der Waals surface area (Å²) in [4.78, 5) is 24.2. The van der Waals surface area contributed by atoms with Crippen molar-refractivity contribution >= 4 is 44.4 Å². The average Bonchev–Trinajstić information content (AvgIpc) is 3.68. The minimum atomic E-state index is -4.80. The zero-order valence-electron chi connectivity index (χ0n) is 22.5. The number of nitrogens with one attached hydrogen (secondary N) is 2. The van der Waals surface area contributed by atoms with Crippen molar-refractivity contribution in [2.45, 2.75) is 42.8 Å². The number of carbonyl (C=O) groups excluding carboxylic acids is 1. The number of hydrogen-bond acceptors (Lipinski definition) is 9. The predicted molar refractivity (Wildman–Crippen MR) is 151 cm³/mol. The second-order valence-electron chi connectivity index (χ2n) is 10.8. The van der Waals surface area contributed by atoms with Gasteiger partial charge < -0.3 is 20.4 Å². The maximum absolute atomic E-state index is 14.1. The Morgan fingerprint density at radius 2 is 1.95 bits per heavy atom. The van der Waals surface area contributed by atoms with E-state index in [0.29, 0.717) is 35.2 Å². The molecule has 1 saturated carbocycles. The number of alkyl halides is 3. The Bertz CT molecular complexity index is 1620. The van der Waals surface area contributed by atoms with Crippen LogP contribution in [-0.4, -0.2) is 74.2 Å². The van der Waals surface area contributed by atoms with Crippen molar-refractivity contribution in [1.29, 1.82) is 0 Å². The van der Waals surface area contributed by atoms with E-state index in [4.69, 9.17) is 0 Å². The first kappa shape index (κ1) is 27.9. The molecule has 41 heavy (non-hydrogen) atoms. The molecule has 2 N–H and O–H groups in total. The number of aromatic nitrogens is 2. The number of nitrogens with zero attached hydrogens (tertiary/aromatic N) is 4. The summed E-state index contributed by atoms with van der Waals surface area (Å²) in [6.45, 7) is 4.78. The number of fused-ring (bicyclic) bond motifs is 1. The van der Waals surface area contributed by atoms with Gasteiger partial charge in [-0.2, -0.15) is 13.2 Å². The normalized spacial score (nSPS) is 21.0. The first-order valence-corrected chi connectivity index (χ1v) is 15.8. The fourth-order valence-corrected chi connectivity index (χ4v) is 8.26. The predicted octanol–water partition coefficient (Wildman–Crippen LogP) is 4.50. The molecule has 1 aromatic carbocycles. The monoisotopic (exact) mass is 606 g/mol. The summed E-state index contributed by atoms with van der Waals surface area (Å²) in [5, 5.41) is 6.55. The molecule has 2 fully saturated rings. The summed E-state index contributed by atoms with van der Waals surface area (Å²) in [7, 11) is -2.40. The Morgan fingerprint density at radius 3 is 2.66 bits per heavy atom. The number of piperazine rings is 1. The van der Waals surface area contributed by atoms with Gasteiger partial charge in [0.05, 0.1) is 21.2 Å². The second-order valence-corrected chi connectivity index (χ2v) is 13.9. The van der Waals surface area contributed by atoms with E-state index >= 15 is 0 Å². The van der Waals surface area contributed by atoms with E-state index in [1.54, 1.807) is 0 Å². The number of hydrogen-bond donors (Lipinski definition) is 2. The molecule has 1 aliphatic carbocycles. The van der Waals surface area contributed by atoms with E-state index in [-0.39, 0.29) is 32.9 Å². The second kappa shape index (κ2) is 10.2. The molecule has 1 saturated heterocycles. The van der Waals surface area contributed by atoms with Gasteiger partial charge in [0.2, 0.25) is 5.95 Å². The molecule has 9 nitrogen and oxygen atoms in total. The Hall–Kier alpha value is -3.23. The van der Waals surface area contributed by atoms with Crippen LogP contribution in [0.4, 0.5) is 30.5 Å². The van der Waals surface area contributed by atoms with Crippen molar-refractivity contribution in [1.82, 2.24) is 20.2 Å². The molecule has 1 amide bonds. The van der Waals surface area contributed by atoms with Crippen LogP contribution in [0.25, 0.3) is 10.6 Å². The van der Waals surface area contributed by atoms with Crippen LogP contribution >= 0.6 is 11.3 Å². The van der Waals surface area contributed by atoms with Gasteiger partial charge in [0.15, 0.2) is 9.84 Å². The standard InChI is InChI=1S/C27H29F3N6O3S2/c1-15-14-36(8-7-31-15)17-5-6-20(18(11-17)16-3-4-16)33-26-32-13-19(27(28,29)30)23(34-26)21-12-22-24(40-21)25(37)35(2)9-10-41(22,38)39/h5-6,11-13,15-16,31H,3-4,7-10,14H2,1-2H3,(H,32,33,34)/t15-/m0/s1. The van der Waals surface area contributed by atoms with E-state index in [1.165, 1.54) is 11.9 Å². The van der Waals surface area contributed by atoms with Crippen molar-refractivity contribution < 1.29 is 26.4 Å². The van der Waals surface area contributed by atoms with Crippen molar-refractivity contribution in [3.63, 3.8) is 0 Å². The molecule has 0 radical (unpaired) electrons. The van der Waals surface area contributed by atoms with E-state index in [2.05, 4.69) is 38.5 Å². The number of amides is 1. The maximum Gasteiger partial charge on any atom is 0.420 e. The molecule has 0 unspecified atom stereocenters. The molecule has 1 atom stereocenters. The Morgan fingerprint density at radius 1 is 1.17 bits per heavy atom. The fraction of sp³-hybridized carbons (Fsp3) is 0.444. The molecular formula is C27H29F3N6O3S2. The van der Waals surface area contributed by atoms with Gasteiger partial charge in [0.1, 0.15) is 10.4 Å². The maximum atomic E-state index is 14.1. The number of benzene rings is 1. The first-order valence-electron chi connectivity index (χ1n) is 13.4. The van der Waals surface area contributed by atoms with Gasteiger partial charge >= 0.3 is 6.18 Å². The van der Waals surface area contributed by atoms with Gasteiger partial charge in [-0.3, -0.25) is 4.79 Å². The topological polar surface area (TPSA) is 108 Å². The molecule has 14 heteroatoms. The minimum Gasteiger partial charge on any atom is -0.369 e. The smallest absolute Gasteiger partial charge is 0.369 e. The third-order valence-corrected chi connectivity index (χ3v) is 10.6. The zero-order chi connectivity index (χ0) is 29.1. The van der Waals surface area contributed by atoms with Gasteiger partial charge in [-0.05, 0) is 55.5 Å². The van der Waals surface area contributed by atoms with Crippen LogP contribution in [0.3, 0.4) is 0 Å². The first-order chi connectivity index (χ1) is 19.4. The average molecular weight is 607 g/mol. The van der Waals surface area contributed by atoms with Gasteiger partial charge in [-0.15, -0.1) is 11.3 Å². The lowest BCUT2D eigenvalue weighted by Gasteiger charge is -2.34. The summed E-state index contributed by atoms with van der Waals surface area (Å²) < 4.78 is 67.9. The van der Waals surface area contributed by atoms with Crippen molar-refractivity contribution in [3.05, 3.63) is 46.5 Å². The lowest BCUT2D eigenvalue weighted by Crippen LogP contribution is -2.49. The fourth-order valence-electron chi connectivity index (χ4n) is 5.23. The van der Waals surface area contributed by atoms with Crippen LogP contribution in [-0.2, 0) is 16.0 Å². The number of sulfone groups is 1. The molecular weight excluding hydrogens is 577 g/mol. The van der Waals surface area contributed by atoms with Crippen molar-refractivity contribution in [2.75, 3.05) is 49.2 Å². The summed E-state index contributed by atoms with van der Waals surface area (Å²) >= 11 is 0.698. The lowest BCUT2D eigenvalue weighted by atomic mass is 10.1. The van der Waals surface area contributed by atoms with E-state index in [0.717, 1.165) is 49.8 Å². The number of anilines is 3. The highest BCUT2D eigenvalue weighted by Gasteiger charge is 2.38. The Kier molecular flexibility index (Phi) is 6.97. The molecule has 0 bridgehead atoms. The highest BCUT2D eigenvalue weighted by molar-refractivity contribution is 7.91. The highest BCUT2D eigenvalue weighted by atomic mass is 32.2. The van der Waals surface area contributed by atoms with E-state index < -0.39 is 33.2 Å². The van der Waals surface area contributed by atoms with E-state index in [9.17, 15) is 26.4 Å².